The molecule has 0 fully saturated rings. The lowest BCUT2D eigenvalue weighted by atomic mass is 10.0. The Labute approximate surface area is 132 Å². The fraction of sp³-hybridized carbons (Fsp3) is 0.429. The maximum Gasteiger partial charge on any atom is 0.0847 e. The van der Waals surface area contributed by atoms with Crippen LogP contribution in [0.3, 0.4) is 0 Å². The summed E-state index contributed by atoms with van der Waals surface area (Å²) in [6, 6.07) is 2.24. The van der Waals surface area contributed by atoms with E-state index in [1.54, 1.807) is 6.20 Å². The van der Waals surface area contributed by atoms with Crippen molar-refractivity contribution >= 4 is 27.5 Å². The van der Waals surface area contributed by atoms with Crippen molar-refractivity contribution in [3.63, 3.8) is 0 Å². The maximum absolute atomic E-state index is 6.34. The van der Waals surface area contributed by atoms with Crippen molar-refractivity contribution in [2.45, 2.75) is 26.3 Å². The number of hydrogen-bond acceptors (Lipinski definition) is 3. The number of nitrogens with one attached hydrogen (secondary N) is 1. The quantitative estimate of drug-likeness (QED) is 0.891. The van der Waals surface area contributed by atoms with Crippen LogP contribution in [0.15, 0.2) is 22.9 Å². The third-order valence-corrected chi connectivity index (χ3v) is 4.16. The van der Waals surface area contributed by atoms with Gasteiger partial charge in [-0.15, -0.1) is 0 Å². The fourth-order valence-electron chi connectivity index (χ4n) is 2.27. The molecule has 0 amide bonds. The summed E-state index contributed by atoms with van der Waals surface area (Å²) in [4.78, 5) is 4.24. The highest BCUT2D eigenvalue weighted by molar-refractivity contribution is 9.10. The number of nitrogens with zero attached hydrogens (tertiary/aromatic N) is 3. The molecule has 1 atom stereocenters. The van der Waals surface area contributed by atoms with E-state index in [1.807, 2.05) is 24.9 Å². The zero-order chi connectivity index (χ0) is 14.7. The van der Waals surface area contributed by atoms with E-state index in [-0.39, 0.29) is 6.04 Å². The molecule has 1 N–H and O–H groups in total. The van der Waals surface area contributed by atoms with Crippen molar-refractivity contribution < 1.29 is 0 Å². The van der Waals surface area contributed by atoms with Gasteiger partial charge < -0.3 is 5.32 Å². The molecule has 1 unspecified atom stereocenters. The van der Waals surface area contributed by atoms with E-state index in [0.717, 1.165) is 39.4 Å². The molecule has 0 aromatic carbocycles. The summed E-state index contributed by atoms with van der Waals surface area (Å²) in [5.41, 5.74) is 3.04. The first kappa shape index (κ1) is 15.5. The van der Waals surface area contributed by atoms with Gasteiger partial charge in [0.05, 0.1) is 16.4 Å². The minimum Gasteiger partial charge on any atom is -0.310 e. The second-order valence-electron chi connectivity index (χ2n) is 4.72. The number of hydrogen-bond donors (Lipinski definition) is 1. The summed E-state index contributed by atoms with van der Waals surface area (Å²) in [5, 5.41) is 8.59. The summed E-state index contributed by atoms with van der Waals surface area (Å²) in [7, 11) is 1.93. The van der Waals surface area contributed by atoms with Gasteiger partial charge in [-0.25, -0.2) is 0 Å². The average molecular weight is 358 g/mol. The van der Waals surface area contributed by atoms with Crippen LogP contribution in [0.2, 0.25) is 5.02 Å². The molecular formula is C14H18BrClN4. The topological polar surface area (TPSA) is 42.7 Å². The van der Waals surface area contributed by atoms with Crippen LogP contribution in [0, 0.1) is 6.92 Å². The predicted molar refractivity (Wildman–Crippen MR) is 85.0 cm³/mol. The van der Waals surface area contributed by atoms with Crippen molar-refractivity contribution in [3.8, 4) is 0 Å². The number of pyridine rings is 1. The lowest BCUT2D eigenvalue weighted by Gasteiger charge is -2.18. The molecule has 0 aliphatic rings. The third kappa shape index (κ3) is 3.40. The average Bonchev–Trinajstić information content (AvgIpc) is 2.64. The highest BCUT2D eigenvalue weighted by Crippen LogP contribution is 2.26. The molecule has 4 nitrogen and oxygen atoms in total. The normalized spacial score (nSPS) is 12.7. The Kier molecular flexibility index (Phi) is 5.18. The Morgan fingerprint density at radius 3 is 2.75 bits per heavy atom. The summed E-state index contributed by atoms with van der Waals surface area (Å²) < 4.78 is 2.83. The van der Waals surface area contributed by atoms with Gasteiger partial charge in [0.15, 0.2) is 0 Å². The van der Waals surface area contributed by atoms with Crippen LogP contribution in [-0.4, -0.2) is 21.3 Å². The van der Waals surface area contributed by atoms with Crippen LogP contribution < -0.4 is 5.32 Å². The molecule has 0 bridgehead atoms. The molecule has 2 aromatic rings. The van der Waals surface area contributed by atoms with Gasteiger partial charge in [0.25, 0.3) is 0 Å². The zero-order valence-corrected chi connectivity index (χ0v) is 14.2. The fourth-order valence-corrected chi connectivity index (χ4v) is 2.89. The van der Waals surface area contributed by atoms with Gasteiger partial charge in [-0.1, -0.05) is 18.5 Å². The van der Waals surface area contributed by atoms with Crippen molar-refractivity contribution in [1.82, 2.24) is 20.1 Å². The van der Waals surface area contributed by atoms with Gasteiger partial charge in [0, 0.05) is 36.4 Å². The molecule has 2 heterocycles. The smallest absolute Gasteiger partial charge is 0.0847 e. The van der Waals surface area contributed by atoms with Crippen molar-refractivity contribution in [2.24, 2.45) is 7.05 Å². The van der Waals surface area contributed by atoms with Crippen LogP contribution in [0.5, 0.6) is 0 Å². The Balaban J connectivity index is 2.30. The number of aryl methyl sites for hydroxylation is 2. The molecule has 0 radical (unpaired) electrons. The highest BCUT2D eigenvalue weighted by Gasteiger charge is 2.18. The van der Waals surface area contributed by atoms with E-state index in [0.29, 0.717) is 0 Å². The van der Waals surface area contributed by atoms with E-state index in [4.69, 9.17) is 11.6 Å². The second kappa shape index (κ2) is 6.70. The second-order valence-corrected chi connectivity index (χ2v) is 6.01. The third-order valence-electron chi connectivity index (χ3n) is 3.24. The Bertz CT molecular complexity index is 597. The Morgan fingerprint density at radius 2 is 2.20 bits per heavy atom. The summed E-state index contributed by atoms with van der Waals surface area (Å²) >= 11 is 9.81. The molecule has 108 valence electrons. The number of likely N-dealkylation sites (N-methyl/N-ethyl adjacent to an activating group) is 1. The van der Waals surface area contributed by atoms with Gasteiger partial charge in [0.2, 0.25) is 0 Å². The lowest BCUT2D eigenvalue weighted by Crippen LogP contribution is -2.24. The molecule has 0 spiro atoms. The van der Waals surface area contributed by atoms with E-state index < -0.39 is 0 Å². The number of aromatic nitrogens is 3. The molecule has 0 aliphatic carbocycles. The molecule has 0 saturated carbocycles. The Morgan fingerprint density at radius 1 is 1.45 bits per heavy atom. The zero-order valence-electron chi connectivity index (χ0n) is 11.8. The van der Waals surface area contributed by atoms with Crippen LogP contribution in [0.1, 0.15) is 29.9 Å². The van der Waals surface area contributed by atoms with Gasteiger partial charge in [-0.3, -0.25) is 9.67 Å². The van der Waals surface area contributed by atoms with Crippen LogP contribution in [0.4, 0.5) is 0 Å². The summed E-state index contributed by atoms with van der Waals surface area (Å²) in [6.07, 6.45) is 4.45. The van der Waals surface area contributed by atoms with Crippen molar-refractivity contribution in [1.29, 1.82) is 0 Å². The molecule has 2 rings (SSSR count). The molecule has 20 heavy (non-hydrogen) atoms. The molecule has 2 aromatic heterocycles. The van der Waals surface area contributed by atoms with Crippen LogP contribution in [-0.2, 0) is 13.5 Å². The molecule has 0 aliphatic heterocycles. The summed E-state index contributed by atoms with van der Waals surface area (Å²) in [5.74, 6) is 0. The Hall–Kier alpha value is -0.910. The highest BCUT2D eigenvalue weighted by atomic mass is 79.9. The van der Waals surface area contributed by atoms with Gasteiger partial charge in [-0.2, -0.15) is 5.10 Å². The first-order valence-electron chi connectivity index (χ1n) is 6.54. The van der Waals surface area contributed by atoms with Gasteiger partial charge in [0.1, 0.15) is 0 Å². The van der Waals surface area contributed by atoms with E-state index in [2.05, 4.69) is 44.3 Å². The first-order chi connectivity index (χ1) is 9.52. The maximum atomic E-state index is 6.34. The van der Waals surface area contributed by atoms with Gasteiger partial charge >= 0.3 is 0 Å². The van der Waals surface area contributed by atoms with Crippen molar-refractivity contribution in [2.75, 3.05) is 6.54 Å². The van der Waals surface area contributed by atoms with Crippen LogP contribution in [0.25, 0.3) is 0 Å². The van der Waals surface area contributed by atoms with E-state index >= 15 is 0 Å². The minimum atomic E-state index is 0.164. The molecule has 0 saturated heterocycles. The van der Waals surface area contributed by atoms with E-state index in [9.17, 15) is 0 Å². The molecule has 6 heteroatoms. The number of rotatable bonds is 5. The molecular weight excluding hydrogens is 340 g/mol. The predicted octanol–water partition coefficient (Wildman–Crippen LogP) is 3.43. The largest absolute Gasteiger partial charge is 0.310 e. The van der Waals surface area contributed by atoms with Gasteiger partial charge in [-0.05, 0) is 41.0 Å². The summed E-state index contributed by atoms with van der Waals surface area (Å²) in [6.45, 7) is 4.90. The van der Waals surface area contributed by atoms with Crippen molar-refractivity contribution in [3.05, 3.63) is 44.9 Å². The number of halogens is 2. The lowest BCUT2D eigenvalue weighted by molar-refractivity contribution is 0.527. The monoisotopic (exact) mass is 356 g/mol. The standard InChI is InChI=1S/C14H18BrClN4/c1-4-18-12(10-5-11(15)8-17-7-10)6-13-14(16)9(2)19-20(13)3/h5,7-8,12,18H,4,6H2,1-3H3. The van der Waals surface area contributed by atoms with E-state index in [1.165, 1.54) is 0 Å². The SMILES string of the molecule is CCNC(Cc1c(Cl)c(C)nn1C)c1cncc(Br)c1. The minimum absolute atomic E-state index is 0.164. The van der Waals surface area contributed by atoms with Crippen LogP contribution >= 0.6 is 27.5 Å². The first-order valence-corrected chi connectivity index (χ1v) is 7.71.